The van der Waals surface area contributed by atoms with E-state index in [0.29, 0.717) is 6.54 Å². The van der Waals surface area contributed by atoms with Gasteiger partial charge in [-0.15, -0.1) is 0 Å². The third-order valence-corrected chi connectivity index (χ3v) is 3.69. The second kappa shape index (κ2) is 9.34. The average Bonchev–Trinajstić information content (AvgIpc) is 2.41. The fourth-order valence-electron chi connectivity index (χ4n) is 2.43. The Labute approximate surface area is 111 Å². The van der Waals surface area contributed by atoms with E-state index >= 15 is 0 Å². The van der Waals surface area contributed by atoms with Crippen molar-refractivity contribution in [3.8, 4) is 0 Å². The molecule has 18 heavy (non-hydrogen) atoms. The molecule has 106 valence electrons. The molecule has 1 rings (SSSR count). The van der Waals surface area contributed by atoms with E-state index < -0.39 is 0 Å². The number of hydrogen-bond donors (Lipinski definition) is 2. The second-order valence-electron chi connectivity index (χ2n) is 5.38. The van der Waals surface area contributed by atoms with E-state index in [4.69, 9.17) is 5.73 Å². The molecule has 1 saturated heterocycles. The topological polar surface area (TPSA) is 58.4 Å². The Kier molecular flexibility index (Phi) is 8.01. The van der Waals surface area contributed by atoms with Gasteiger partial charge in [0.05, 0.1) is 0 Å². The summed E-state index contributed by atoms with van der Waals surface area (Å²) in [5, 5.41) is 3.02. The molecule has 1 heterocycles. The highest BCUT2D eigenvalue weighted by atomic mass is 16.1. The zero-order valence-electron chi connectivity index (χ0n) is 11.8. The van der Waals surface area contributed by atoms with Gasteiger partial charge in [-0.3, -0.25) is 4.79 Å². The van der Waals surface area contributed by atoms with Gasteiger partial charge in [0.15, 0.2) is 0 Å². The molecule has 0 aromatic carbocycles. The Morgan fingerprint density at radius 1 is 1.28 bits per heavy atom. The lowest BCUT2D eigenvalue weighted by Crippen LogP contribution is -2.34. The molecule has 1 fully saturated rings. The number of carbonyl (C=O) groups is 1. The number of nitrogens with two attached hydrogens (primary N) is 1. The summed E-state index contributed by atoms with van der Waals surface area (Å²) in [4.78, 5) is 14.2. The minimum Gasteiger partial charge on any atom is -0.356 e. The molecule has 3 N–H and O–H groups in total. The molecular formula is C14H29N3O. The van der Waals surface area contributed by atoms with Gasteiger partial charge in [-0.05, 0) is 58.3 Å². The average molecular weight is 255 g/mol. The first-order chi connectivity index (χ1) is 8.74. The van der Waals surface area contributed by atoms with Crippen LogP contribution in [0.3, 0.4) is 0 Å². The lowest BCUT2D eigenvalue weighted by atomic mass is 10.1. The largest absolute Gasteiger partial charge is 0.356 e. The van der Waals surface area contributed by atoms with Crippen molar-refractivity contribution in [3.05, 3.63) is 0 Å². The Balaban J connectivity index is 2.00. The minimum absolute atomic E-state index is 0.100. The molecule has 1 atom stereocenters. The molecule has 1 unspecified atom stereocenters. The first kappa shape index (κ1) is 15.4. The lowest BCUT2D eigenvalue weighted by molar-refractivity contribution is -0.124. The summed E-state index contributed by atoms with van der Waals surface area (Å²) in [5.74, 6) is 0.283. The SMILES string of the molecule is CC(CCCN)C(=O)NCCCN1CCCCC1. The third-order valence-electron chi connectivity index (χ3n) is 3.69. The summed E-state index contributed by atoms with van der Waals surface area (Å²) in [6.45, 7) is 7.06. The fraction of sp³-hybridized carbons (Fsp3) is 0.929. The van der Waals surface area contributed by atoms with Crippen LogP contribution < -0.4 is 11.1 Å². The first-order valence-corrected chi connectivity index (χ1v) is 7.44. The van der Waals surface area contributed by atoms with Gasteiger partial charge in [-0.25, -0.2) is 0 Å². The summed E-state index contributed by atoms with van der Waals surface area (Å²) in [5.41, 5.74) is 5.44. The number of carbonyl (C=O) groups excluding carboxylic acids is 1. The third kappa shape index (κ3) is 6.36. The Morgan fingerprint density at radius 2 is 2.00 bits per heavy atom. The van der Waals surface area contributed by atoms with E-state index in [9.17, 15) is 4.79 Å². The number of piperidine rings is 1. The fourth-order valence-corrected chi connectivity index (χ4v) is 2.43. The molecule has 4 heteroatoms. The van der Waals surface area contributed by atoms with Crippen LogP contribution in [0.1, 0.15) is 45.4 Å². The Bertz CT molecular complexity index is 227. The van der Waals surface area contributed by atoms with Crippen molar-refractivity contribution in [3.63, 3.8) is 0 Å². The van der Waals surface area contributed by atoms with Crippen LogP contribution in [0.2, 0.25) is 0 Å². The van der Waals surface area contributed by atoms with Crippen LogP contribution in [0.4, 0.5) is 0 Å². The maximum Gasteiger partial charge on any atom is 0.222 e. The molecule has 0 saturated carbocycles. The predicted molar refractivity (Wildman–Crippen MR) is 75.4 cm³/mol. The van der Waals surface area contributed by atoms with E-state index in [1.807, 2.05) is 6.92 Å². The molecule has 0 bridgehead atoms. The number of amides is 1. The van der Waals surface area contributed by atoms with Gasteiger partial charge in [0.25, 0.3) is 0 Å². The van der Waals surface area contributed by atoms with Crippen molar-refractivity contribution in [2.24, 2.45) is 11.7 Å². The van der Waals surface area contributed by atoms with E-state index in [0.717, 1.165) is 32.4 Å². The molecule has 0 radical (unpaired) electrons. The molecule has 0 aromatic rings. The number of likely N-dealkylation sites (tertiary alicyclic amines) is 1. The number of nitrogens with one attached hydrogen (secondary N) is 1. The van der Waals surface area contributed by atoms with Crippen molar-refractivity contribution in [1.82, 2.24) is 10.2 Å². The summed E-state index contributed by atoms with van der Waals surface area (Å²) in [7, 11) is 0. The molecule has 1 aliphatic rings. The van der Waals surface area contributed by atoms with Crippen LogP contribution in [0.15, 0.2) is 0 Å². The van der Waals surface area contributed by atoms with Crippen molar-refractivity contribution in [2.75, 3.05) is 32.7 Å². The monoisotopic (exact) mass is 255 g/mol. The molecule has 1 amide bonds. The quantitative estimate of drug-likeness (QED) is 0.644. The number of nitrogens with zero attached hydrogens (tertiary/aromatic N) is 1. The molecular weight excluding hydrogens is 226 g/mol. The maximum absolute atomic E-state index is 11.7. The van der Waals surface area contributed by atoms with Crippen LogP contribution >= 0.6 is 0 Å². The zero-order chi connectivity index (χ0) is 13.2. The van der Waals surface area contributed by atoms with Crippen molar-refractivity contribution >= 4 is 5.91 Å². The highest BCUT2D eigenvalue weighted by Gasteiger charge is 2.12. The normalized spacial score (nSPS) is 18.6. The van der Waals surface area contributed by atoms with Gasteiger partial charge >= 0.3 is 0 Å². The van der Waals surface area contributed by atoms with Gasteiger partial charge < -0.3 is 16.0 Å². The second-order valence-corrected chi connectivity index (χ2v) is 5.38. The molecule has 0 spiro atoms. The van der Waals surface area contributed by atoms with E-state index in [1.165, 1.54) is 32.4 Å². The minimum atomic E-state index is 0.100. The van der Waals surface area contributed by atoms with Crippen LogP contribution in [-0.4, -0.2) is 43.5 Å². The Morgan fingerprint density at radius 3 is 2.67 bits per heavy atom. The van der Waals surface area contributed by atoms with E-state index in [-0.39, 0.29) is 11.8 Å². The highest BCUT2D eigenvalue weighted by Crippen LogP contribution is 2.08. The van der Waals surface area contributed by atoms with Crippen LogP contribution in [-0.2, 0) is 4.79 Å². The summed E-state index contributed by atoms with van der Waals surface area (Å²) in [6.07, 6.45) is 6.95. The van der Waals surface area contributed by atoms with Crippen LogP contribution in [0.25, 0.3) is 0 Å². The standard InChI is InChI=1S/C14H29N3O/c1-13(7-5-8-15)14(18)16-9-6-12-17-10-3-2-4-11-17/h13H,2-12,15H2,1H3,(H,16,18). The van der Waals surface area contributed by atoms with Gasteiger partial charge in [-0.2, -0.15) is 0 Å². The lowest BCUT2D eigenvalue weighted by Gasteiger charge is -2.26. The van der Waals surface area contributed by atoms with Crippen molar-refractivity contribution in [1.29, 1.82) is 0 Å². The molecule has 0 aromatic heterocycles. The molecule has 1 aliphatic heterocycles. The van der Waals surface area contributed by atoms with E-state index in [1.54, 1.807) is 0 Å². The van der Waals surface area contributed by atoms with Crippen LogP contribution in [0.5, 0.6) is 0 Å². The smallest absolute Gasteiger partial charge is 0.222 e. The summed E-state index contributed by atoms with van der Waals surface area (Å²) in [6, 6.07) is 0. The molecule has 0 aliphatic carbocycles. The first-order valence-electron chi connectivity index (χ1n) is 7.44. The Hall–Kier alpha value is -0.610. The number of hydrogen-bond acceptors (Lipinski definition) is 3. The van der Waals surface area contributed by atoms with Gasteiger partial charge in [0.2, 0.25) is 5.91 Å². The van der Waals surface area contributed by atoms with Gasteiger partial charge in [0.1, 0.15) is 0 Å². The zero-order valence-corrected chi connectivity index (χ0v) is 11.8. The summed E-state index contributed by atoms with van der Waals surface area (Å²) >= 11 is 0. The highest BCUT2D eigenvalue weighted by molar-refractivity contribution is 5.78. The number of rotatable bonds is 8. The maximum atomic E-state index is 11.7. The summed E-state index contributed by atoms with van der Waals surface area (Å²) < 4.78 is 0. The van der Waals surface area contributed by atoms with E-state index in [2.05, 4.69) is 10.2 Å². The van der Waals surface area contributed by atoms with Crippen molar-refractivity contribution in [2.45, 2.75) is 45.4 Å². The predicted octanol–water partition coefficient (Wildman–Crippen LogP) is 1.35. The van der Waals surface area contributed by atoms with Gasteiger partial charge in [0, 0.05) is 12.5 Å². The van der Waals surface area contributed by atoms with Gasteiger partial charge in [-0.1, -0.05) is 13.3 Å². The van der Waals surface area contributed by atoms with Crippen molar-refractivity contribution < 1.29 is 4.79 Å². The molecule has 4 nitrogen and oxygen atoms in total. The van der Waals surface area contributed by atoms with Crippen LogP contribution in [0, 0.1) is 5.92 Å².